The number of thioether (sulfide) groups is 1. The van der Waals surface area contributed by atoms with E-state index in [9.17, 15) is 0 Å². The number of hydrogen-bond donors (Lipinski definition) is 1. The zero-order valence-electron chi connectivity index (χ0n) is 11.4. The van der Waals surface area contributed by atoms with Crippen molar-refractivity contribution in [2.45, 2.75) is 32.1 Å². The highest BCUT2D eigenvalue weighted by molar-refractivity contribution is 8.14. The van der Waals surface area contributed by atoms with Gasteiger partial charge in [0.2, 0.25) is 0 Å². The largest absolute Gasteiger partial charge is 0.361 e. The third-order valence-electron chi connectivity index (χ3n) is 2.95. The van der Waals surface area contributed by atoms with Crippen LogP contribution in [0.4, 0.5) is 0 Å². The molecular formula is C15H19N3S. The molecule has 4 heteroatoms. The van der Waals surface area contributed by atoms with Gasteiger partial charge in [-0.1, -0.05) is 37.7 Å². The minimum atomic E-state index is 0.618. The Hall–Kier alpha value is -1.47. The maximum absolute atomic E-state index is 8.86. The molecule has 1 aromatic rings. The van der Waals surface area contributed by atoms with E-state index in [0.717, 1.165) is 29.7 Å². The summed E-state index contributed by atoms with van der Waals surface area (Å²) in [4.78, 5) is 4.53. The van der Waals surface area contributed by atoms with Crippen molar-refractivity contribution in [3.8, 4) is 6.07 Å². The van der Waals surface area contributed by atoms with Crippen molar-refractivity contribution >= 4 is 16.9 Å². The number of benzene rings is 1. The van der Waals surface area contributed by atoms with Gasteiger partial charge in [0, 0.05) is 11.8 Å². The maximum Gasteiger partial charge on any atom is 0.157 e. The molecule has 0 amide bonds. The number of nitrogens with zero attached hydrogens (tertiary/aromatic N) is 2. The Kier molecular flexibility index (Phi) is 4.86. The molecule has 100 valence electrons. The van der Waals surface area contributed by atoms with E-state index in [2.05, 4.69) is 30.2 Å². The first-order valence-electron chi connectivity index (χ1n) is 6.61. The summed E-state index contributed by atoms with van der Waals surface area (Å²) >= 11 is 1.84. The van der Waals surface area contributed by atoms with Crippen molar-refractivity contribution in [1.82, 2.24) is 5.32 Å². The Bertz CT molecular complexity index is 502. The highest BCUT2D eigenvalue weighted by Crippen LogP contribution is 2.25. The first-order valence-corrected chi connectivity index (χ1v) is 7.49. The predicted octanol–water partition coefficient (Wildman–Crippen LogP) is 3.17. The van der Waals surface area contributed by atoms with E-state index >= 15 is 0 Å². The second-order valence-electron chi connectivity index (χ2n) is 5.18. The molecular weight excluding hydrogens is 254 g/mol. The van der Waals surface area contributed by atoms with Crippen LogP contribution in [0.5, 0.6) is 0 Å². The quantitative estimate of drug-likeness (QED) is 0.916. The molecule has 0 aromatic heterocycles. The molecule has 0 saturated carbocycles. The Morgan fingerprint density at radius 2 is 2.37 bits per heavy atom. The number of nitrogens with one attached hydrogen (secondary N) is 1. The van der Waals surface area contributed by atoms with Crippen molar-refractivity contribution < 1.29 is 0 Å². The minimum Gasteiger partial charge on any atom is -0.361 e. The van der Waals surface area contributed by atoms with Gasteiger partial charge in [-0.05, 0) is 30.0 Å². The summed E-state index contributed by atoms with van der Waals surface area (Å²) in [6, 6.07) is 9.84. The number of rotatable bonds is 4. The van der Waals surface area contributed by atoms with Gasteiger partial charge in [0.1, 0.15) is 0 Å². The molecule has 0 fully saturated rings. The molecule has 1 N–H and O–H groups in total. The van der Waals surface area contributed by atoms with Gasteiger partial charge in [-0.3, -0.25) is 4.99 Å². The fourth-order valence-electron chi connectivity index (χ4n) is 2.09. The number of aliphatic imine (C=N–C) groups is 1. The highest BCUT2D eigenvalue weighted by atomic mass is 32.2. The molecule has 0 aliphatic carbocycles. The third-order valence-corrected chi connectivity index (χ3v) is 4.12. The van der Waals surface area contributed by atoms with Gasteiger partial charge in [0.05, 0.1) is 18.2 Å². The normalized spacial score (nSPS) is 18.2. The van der Waals surface area contributed by atoms with Crippen molar-refractivity contribution in [1.29, 1.82) is 5.26 Å². The van der Waals surface area contributed by atoms with E-state index in [1.165, 1.54) is 6.42 Å². The van der Waals surface area contributed by atoms with Crippen LogP contribution in [0, 0.1) is 17.2 Å². The lowest BCUT2D eigenvalue weighted by molar-refractivity contribution is 0.575. The van der Waals surface area contributed by atoms with Crippen LogP contribution in [0.15, 0.2) is 29.3 Å². The number of nitriles is 1. The first kappa shape index (κ1) is 14.0. The lowest BCUT2D eigenvalue weighted by Gasteiger charge is -2.11. The molecule has 1 atom stereocenters. The van der Waals surface area contributed by atoms with Crippen LogP contribution in [-0.2, 0) is 6.54 Å². The summed E-state index contributed by atoms with van der Waals surface area (Å²) in [5, 5.41) is 13.9. The lowest BCUT2D eigenvalue weighted by atomic mass is 10.1. The molecule has 1 aliphatic heterocycles. The Labute approximate surface area is 119 Å². The average molecular weight is 273 g/mol. The molecule has 2 rings (SSSR count). The Morgan fingerprint density at radius 3 is 3.11 bits per heavy atom. The summed E-state index contributed by atoms with van der Waals surface area (Å²) in [6.07, 6.45) is 1.21. The highest BCUT2D eigenvalue weighted by Gasteiger charge is 2.20. The zero-order chi connectivity index (χ0) is 13.7. The van der Waals surface area contributed by atoms with Gasteiger partial charge in [0.15, 0.2) is 5.17 Å². The van der Waals surface area contributed by atoms with E-state index in [4.69, 9.17) is 5.26 Å². The summed E-state index contributed by atoms with van der Waals surface area (Å²) in [7, 11) is 0. The summed E-state index contributed by atoms with van der Waals surface area (Å²) < 4.78 is 0. The predicted molar refractivity (Wildman–Crippen MR) is 81.1 cm³/mol. The van der Waals surface area contributed by atoms with Gasteiger partial charge < -0.3 is 5.32 Å². The van der Waals surface area contributed by atoms with Crippen molar-refractivity contribution in [2.24, 2.45) is 10.9 Å². The molecule has 1 unspecified atom stereocenters. The molecule has 1 aromatic carbocycles. The SMILES string of the molecule is CC(C)CC1CN=C(NCc2cccc(C#N)c2)S1. The summed E-state index contributed by atoms with van der Waals surface area (Å²) in [5.74, 6) is 0.722. The van der Waals surface area contributed by atoms with E-state index < -0.39 is 0 Å². The fourth-order valence-corrected chi connectivity index (χ4v) is 3.34. The van der Waals surface area contributed by atoms with Crippen molar-refractivity contribution in [2.75, 3.05) is 6.54 Å². The standard InChI is InChI=1S/C15H19N3S/c1-11(2)6-14-10-18-15(19-14)17-9-13-5-3-4-12(7-13)8-16/h3-5,7,11,14H,6,9-10H2,1-2H3,(H,17,18). The van der Waals surface area contributed by atoms with Crippen LogP contribution in [0.2, 0.25) is 0 Å². The molecule has 3 nitrogen and oxygen atoms in total. The summed E-state index contributed by atoms with van der Waals surface area (Å²) in [6.45, 7) is 6.15. The molecule has 1 heterocycles. The van der Waals surface area contributed by atoms with Crippen LogP contribution >= 0.6 is 11.8 Å². The van der Waals surface area contributed by atoms with Gasteiger partial charge in [0.25, 0.3) is 0 Å². The van der Waals surface area contributed by atoms with Crippen LogP contribution in [0.3, 0.4) is 0 Å². The van der Waals surface area contributed by atoms with Crippen LogP contribution in [-0.4, -0.2) is 17.0 Å². The summed E-state index contributed by atoms with van der Waals surface area (Å²) in [5.41, 5.74) is 1.83. The maximum atomic E-state index is 8.86. The van der Waals surface area contributed by atoms with Gasteiger partial charge in [-0.15, -0.1) is 0 Å². The second kappa shape index (κ2) is 6.63. The lowest BCUT2D eigenvalue weighted by Crippen LogP contribution is -2.19. The average Bonchev–Trinajstić information content (AvgIpc) is 2.83. The second-order valence-corrected chi connectivity index (χ2v) is 6.47. The first-order chi connectivity index (χ1) is 9.17. The van der Waals surface area contributed by atoms with Gasteiger partial charge in [-0.2, -0.15) is 5.26 Å². The van der Waals surface area contributed by atoms with Crippen molar-refractivity contribution in [3.05, 3.63) is 35.4 Å². The van der Waals surface area contributed by atoms with Crippen LogP contribution in [0.25, 0.3) is 0 Å². The smallest absolute Gasteiger partial charge is 0.157 e. The molecule has 0 radical (unpaired) electrons. The Morgan fingerprint density at radius 1 is 1.53 bits per heavy atom. The minimum absolute atomic E-state index is 0.618. The topological polar surface area (TPSA) is 48.2 Å². The van der Waals surface area contributed by atoms with Gasteiger partial charge >= 0.3 is 0 Å². The number of hydrogen-bond acceptors (Lipinski definition) is 4. The van der Waals surface area contributed by atoms with E-state index in [-0.39, 0.29) is 0 Å². The third kappa shape index (κ3) is 4.29. The Balaban J connectivity index is 1.82. The molecule has 1 aliphatic rings. The van der Waals surface area contributed by atoms with Crippen molar-refractivity contribution in [3.63, 3.8) is 0 Å². The molecule has 0 spiro atoms. The molecule has 19 heavy (non-hydrogen) atoms. The van der Waals surface area contributed by atoms with Crippen LogP contribution < -0.4 is 5.32 Å². The van der Waals surface area contributed by atoms with Gasteiger partial charge in [-0.25, -0.2) is 0 Å². The molecule has 0 saturated heterocycles. The van der Waals surface area contributed by atoms with E-state index in [1.807, 2.05) is 36.0 Å². The fraction of sp³-hybridized carbons (Fsp3) is 0.467. The van der Waals surface area contributed by atoms with E-state index in [1.54, 1.807) is 0 Å². The molecule has 0 bridgehead atoms. The zero-order valence-corrected chi connectivity index (χ0v) is 12.2. The number of amidine groups is 1. The monoisotopic (exact) mass is 273 g/mol. The van der Waals surface area contributed by atoms with E-state index in [0.29, 0.717) is 10.8 Å². The van der Waals surface area contributed by atoms with Crippen LogP contribution in [0.1, 0.15) is 31.4 Å².